The van der Waals surface area contributed by atoms with Gasteiger partial charge in [-0.3, -0.25) is 4.79 Å². The first-order valence-corrected chi connectivity index (χ1v) is 11.6. The molecule has 0 aliphatic heterocycles. The molecule has 2 heterocycles. The van der Waals surface area contributed by atoms with Crippen molar-refractivity contribution in [3.05, 3.63) is 34.5 Å². The van der Waals surface area contributed by atoms with Crippen LogP contribution in [0.15, 0.2) is 17.8 Å². The summed E-state index contributed by atoms with van der Waals surface area (Å²) < 4.78 is 12.2. The van der Waals surface area contributed by atoms with Crippen molar-refractivity contribution in [1.82, 2.24) is 14.8 Å². The van der Waals surface area contributed by atoms with Gasteiger partial charge in [-0.05, 0) is 38.2 Å². The fourth-order valence-corrected chi connectivity index (χ4v) is 5.40. The number of rotatable bonds is 10. The van der Waals surface area contributed by atoms with Gasteiger partial charge in [-0.2, -0.15) is 0 Å². The highest BCUT2D eigenvalue weighted by molar-refractivity contribution is 7.99. The van der Waals surface area contributed by atoms with Crippen molar-refractivity contribution < 1.29 is 19.1 Å². The van der Waals surface area contributed by atoms with Crippen LogP contribution < -0.4 is 5.32 Å². The second kappa shape index (κ2) is 10.7. The third-order valence-electron chi connectivity index (χ3n) is 4.61. The summed E-state index contributed by atoms with van der Waals surface area (Å²) in [4.78, 5) is 26.3. The van der Waals surface area contributed by atoms with E-state index in [9.17, 15) is 9.59 Å². The van der Waals surface area contributed by atoms with E-state index in [0.29, 0.717) is 41.3 Å². The number of fused-ring (bicyclic) bond motifs is 1. The summed E-state index contributed by atoms with van der Waals surface area (Å²) in [6, 6.07) is 0. The fourth-order valence-electron chi connectivity index (χ4n) is 3.34. The number of allylic oxidation sites excluding steroid dienone is 1. The van der Waals surface area contributed by atoms with Gasteiger partial charge in [0.15, 0.2) is 11.0 Å². The predicted molar refractivity (Wildman–Crippen MR) is 117 cm³/mol. The molecule has 1 N–H and O–H groups in total. The largest absolute Gasteiger partial charge is 0.462 e. The van der Waals surface area contributed by atoms with Gasteiger partial charge in [-0.1, -0.05) is 17.8 Å². The molecule has 0 bridgehead atoms. The second-order valence-corrected chi connectivity index (χ2v) is 8.75. The SMILES string of the molecule is C=CCn1c(COC)nnc1SCC(=O)Nc1sc2c(c1C(=O)OCC)CCCC2. The van der Waals surface area contributed by atoms with Gasteiger partial charge in [0.2, 0.25) is 5.91 Å². The van der Waals surface area contributed by atoms with Crippen molar-refractivity contribution in [1.29, 1.82) is 0 Å². The van der Waals surface area contributed by atoms with Crippen molar-refractivity contribution in [3.8, 4) is 0 Å². The van der Waals surface area contributed by atoms with Crippen LogP contribution in [-0.4, -0.2) is 46.1 Å². The number of ether oxygens (including phenoxy) is 2. The first-order valence-electron chi connectivity index (χ1n) is 9.85. The normalized spacial score (nSPS) is 13.0. The number of thioether (sulfide) groups is 1. The van der Waals surface area contributed by atoms with Crippen LogP contribution in [0.1, 0.15) is 46.4 Å². The molecule has 1 amide bonds. The maximum Gasteiger partial charge on any atom is 0.341 e. The molecule has 8 nitrogen and oxygen atoms in total. The van der Waals surface area contributed by atoms with E-state index >= 15 is 0 Å². The van der Waals surface area contributed by atoms with Crippen LogP contribution in [0.5, 0.6) is 0 Å². The van der Waals surface area contributed by atoms with Crippen LogP contribution in [0, 0.1) is 0 Å². The van der Waals surface area contributed by atoms with Crippen molar-refractivity contribution in [2.24, 2.45) is 0 Å². The summed E-state index contributed by atoms with van der Waals surface area (Å²) in [5.41, 5.74) is 1.55. The Balaban J connectivity index is 1.72. The number of esters is 1. The van der Waals surface area contributed by atoms with Crippen LogP contribution in [0.25, 0.3) is 0 Å². The third kappa shape index (κ3) is 5.11. The van der Waals surface area contributed by atoms with Gasteiger partial charge in [-0.25, -0.2) is 4.79 Å². The van der Waals surface area contributed by atoms with Gasteiger partial charge in [-0.15, -0.1) is 28.1 Å². The summed E-state index contributed by atoms with van der Waals surface area (Å²) >= 11 is 2.77. The van der Waals surface area contributed by atoms with Gasteiger partial charge in [0.1, 0.15) is 11.6 Å². The highest BCUT2D eigenvalue weighted by Gasteiger charge is 2.27. The van der Waals surface area contributed by atoms with Crippen LogP contribution >= 0.6 is 23.1 Å². The van der Waals surface area contributed by atoms with Crippen LogP contribution in [0.3, 0.4) is 0 Å². The molecule has 0 saturated carbocycles. The zero-order valence-corrected chi connectivity index (χ0v) is 18.9. The third-order valence-corrected chi connectivity index (χ3v) is 6.79. The molecular weight excluding hydrogens is 424 g/mol. The summed E-state index contributed by atoms with van der Waals surface area (Å²) in [6.07, 6.45) is 5.67. The highest BCUT2D eigenvalue weighted by atomic mass is 32.2. The Morgan fingerprint density at radius 2 is 2.13 bits per heavy atom. The Bertz CT molecular complexity index is 922. The minimum atomic E-state index is -0.366. The van der Waals surface area contributed by atoms with Crippen molar-refractivity contribution in [3.63, 3.8) is 0 Å². The molecule has 3 rings (SSSR count). The molecule has 30 heavy (non-hydrogen) atoms. The smallest absolute Gasteiger partial charge is 0.341 e. The number of carbonyl (C=O) groups is 2. The molecule has 1 aliphatic carbocycles. The number of anilines is 1. The molecule has 0 saturated heterocycles. The first kappa shape index (κ1) is 22.5. The van der Waals surface area contributed by atoms with E-state index in [0.717, 1.165) is 31.2 Å². The maximum absolute atomic E-state index is 12.7. The van der Waals surface area contributed by atoms with Crippen molar-refractivity contribution >= 4 is 40.0 Å². The zero-order chi connectivity index (χ0) is 21.5. The number of nitrogens with one attached hydrogen (secondary N) is 1. The lowest BCUT2D eigenvalue weighted by molar-refractivity contribution is -0.113. The Morgan fingerprint density at radius 3 is 2.87 bits per heavy atom. The van der Waals surface area contributed by atoms with E-state index in [4.69, 9.17) is 9.47 Å². The Hall–Kier alpha value is -2.17. The number of amides is 1. The maximum atomic E-state index is 12.7. The number of carbonyl (C=O) groups excluding carboxylic acids is 2. The van der Waals surface area contributed by atoms with E-state index in [1.807, 2.05) is 4.57 Å². The predicted octanol–water partition coefficient (Wildman–Crippen LogP) is 3.46. The Morgan fingerprint density at radius 1 is 1.33 bits per heavy atom. The standard InChI is InChI=1S/C20H26N4O4S2/c1-4-10-24-15(11-27-3)22-23-20(24)29-12-16(25)21-18-17(19(26)28-5-2)13-8-6-7-9-14(13)30-18/h4H,1,5-12H2,2-3H3,(H,21,25). The molecule has 0 radical (unpaired) electrons. The summed E-state index contributed by atoms with van der Waals surface area (Å²) in [5.74, 6) is 0.254. The highest BCUT2D eigenvalue weighted by Crippen LogP contribution is 2.38. The molecular formula is C20H26N4O4S2. The van der Waals surface area contributed by atoms with Gasteiger partial charge in [0.05, 0.1) is 17.9 Å². The number of hydrogen-bond donors (Lipinski definition) is 1. The summed E-state index contributed by atoms with van der Waals surface area (Å²) in [7, 11) is 1.59. The van der Waals surface area contributed by atoms with Crippen LogP contribution in [0.2, 0.25) is 0 Å². The lowest BCUT2D eigenvalue weighted by Gasteiger charge is -2.12. The topological polar surface area (TPSA) is 95.3 Å². The number of thiophene rings is 1. The number of aryl methyl sites for hydroxylation is 1. The minimum Gasteiger partial charge on any atom is -0.462 e. The Labute approximate surface area is 184 Å². The lowest BCUT2D eigenvalue weighted by Crippen LogP contribution is -2.17. The average Bonchev–Trinajstić information content (AvgIpc) is 3.28. The number of aromatic nitrogens is 3. The number of nitrogens with zero attached hydrogens (tertiary/aromatic N) is 3. The zero-order valence-electron chi connectivity index (χ0n) is 17.2. The van der Waals surface area contributed by atoms with E-state index in [1.165, 1.54) is 28.0 Å². The second-order valence-electron chi connectivity index (χ2n) is 6.70. The van der Waals surface area contributed by atoms with E-state index in [-0.39, 0.29) is 17.6 Å². The molecule has 162 valence electrons. The van der Waals surface area contributed by atoms with E-state index in [2.05, 4.69) is 22.1 Å². The average molecular weight is 451 g/mol. The molecule has 2 aromatic heterocycles. The molecule has 0 unspecified atom stereocenters. The van der Waals surface area contributed by atoms with Crippen LogP contribution in [0.4, 0.5) is 5.00 Å². The minimum absolute atomic E-state index is 0.146. The number of hydrogen-bond acceptors (Lipinski definition) is 8. The molecule has 1 aliphatic rings. The monoisotopic (exact) mass is 450 g/mol. The molecule has 0 fully saturated rings. The summed E-state index contributed by atoms with van der Waals surface area (Å²) in [5, 5.41) is 12.4. The van der Waals surface area contributed by atoms with Gasteiger partial charge in [0, 0.05) is 18.5 Å². The lowest BCUT2D eigenvalue weighted by atomic mass is 9.95. The first-order chi connectivity index (χ1) is 14.6. The van der Waals surface area contributed by atoms with Crippen molar-refractivity contribution in [2.75, 3.05) is 24.8 Å². The molecule has 2 aromatic rings. The quantitative estimate of drug-likeness (QED) is 0.336. The molecule has 10 heteroatoms. The molecule has 0 aromatic carbocycles. The Kier molecular flexibility index (Phi) is 8.06. The van der Waals surface area contributed by atoms with Crippen molar-refractivity contribution in [2.45, 2.75) is 50.9 Å². The fraction of sp³-hybridized carbons (Fsp3) is 0.500. The van der Waals surface area contributed by atoms with Gasteiger partial charge < -0.3 is 19.4 Å². The number of methoxy groups -OCH3 is 1. The van der Waals surface area contributed by atoms with E-state index < -0.39 is 0 Å². The molecule has 0 atom stereocenters. The van der Waals surface area contributed by atoms with E-state index in [1.54, 1.807) is 20.1 Å². The van der Waals surface area contributed by atoms with Crippen LogP contribution in [-0.2, 0) is 40.3 Å². The van der Waals surface area contributed by atoms with Gasteiger partial charge >= 0.3 is 5.97 Å². The van der Waals surface area contributed by atoms with Gasteiger partial charge in [0.25, 0.3) is 0 Å². The molecule has 0 spiro atoms. The summed E-state index contributed by atoms with van der Waals surface area (Å²) in [6.45, 7) is 6.69.